The van der Waals surface area contributed by atoms with Crippen LogP contribution >= 0.6 is 0 Å². The minimum atomic E-state index is -0.406. The van der Waals surface area contributed by atoms with E-state index in [1.165, 1.54) is 12.8 Å². The summed E-state index contributed by atoms with van der Waals surface area (Å²) >= 11 is 0. The number of nitrogens with zero attached hydrogens (tertiary/aromatic N) is 1. The number of hydrogen-bond donors (Lipinski definition) is 1. The van der Waals surface area contributed by atoms with Crippen molar-refractivity contribution >= 4 is 6.09 Å². The Kier molecular flexibility index (Phi) is 3.85. The van der Waals surface area contributed by atoms with Crippen LogP contribution < -0.4 is 5.73 Å². The molecule has 1 saturated carbocycles. The van der Waals surface area contributed by atoms with E-state index in [9.17, 15) is 4.79 Å². The van der Waals surface area contributed by atoms with E-state index in [-0.39, 0.29) is 6.09 Å². The molecule has 1 amide bonds. The smallest absolute Gasteiger partial charge is 0.410 e. The van der Waals surface area contributed by atoms with Gasteiger partial charge in [-0.2, -0.15) is 0 Å². The van der Waals surface area contributed by atoms with Crippen LogP contribution in [0.15, 0.2) is 0 Å². The van der Waals surface area contributed by atoms with Crippen LogP contribution in [0.25, 0.3) is 0 Å². The van der Waals surface area contributed by atoms with Crippen molar-refractivity contribution in [3.63, 3.8) is 0 Å². The zero-order chi connectivity index (χ0) is 13.3. The number of carbonyl (C=O) groups is 1. The fourth-order valence-corrected chi connectivity index (χ4v) is 3.48. The van der Waals surface area contributed by atoms with E-state index in [1.807, 2.05) is 25.7 Å². The first-order valence-electron chi connectivity index (χ1n) is 7.12. The molecule has 3 unspecified atom stereocenters. The highest BCUT2D eigenvalue weighted by Gasteiger charge is 2.46. The van der Waals surface area contributed by atoms with Crippen LogP contribution in [0.2, 0.25) is 0 Å². The van der Waals surface area contributed by atoms with Gasteiger partial charge in [-0.1, -0.05) is 6.42 Å². The first kappa shape index (κ1) is 13.7. The molecule has 3 atom stereocenters. The Bertz CT molecular complexity index is 311. The molecule has 2 fully saturated rings. The molecule has 1 aliphatic heterocycles. The summed E-state index contributed by atoms with van der Waals surface area (Å²) in [6.45, 7) is 7.32. The Morgan fingerprint density at radius 2 is 2.11 bits per heavy atom. The molecule has 1 saturated heterocycles. The highest BCUT2D eigenvalue weighted by Crippen LogP contribution is 2.43. The molecule has 4 nitrogen and oxygen atoms in total. The van der Waals surface area contributed by atoms with Gasteiger partial charge in [0.05, 0.1) is 0 Å². The van der Waals surface area contributed by atoms with Gasteiger partial charge in [-0.3, -0.25) is 0 Å². The molecule has 4 heteroatoms. The molecule has 18 heavy (non-hydrogen) atoms. The first-order valence-corrected chi connectivity index (χ1v) is 7.12. The van der Waals surface area contributed by atoms with Crippen molar-refractivity contribution < 1.29 is 9.53 Å². The molecule has 2 aliphatic rings. The molecule has 104 valence electrons. The van der Waals surface area contributed by atoms with E-state index < -0.39 is 5.60 Å². The number of likely N-dealkylation sites (tertiary alicyclic amines) is 1. The highest BCUT2D eigenvalue weighted by atomic mass is 16.6. The van der Waals surface area contributed by atoms with Gasteiger partial charge in [-0.15, -0.1) is 0 Å². The van der Waals surface area contributed by atoms with Crippen LogP contribution in [0.1, 0.15) is 46.5 Å². The van der Waals surface area contributed by atoms with E-state index in [0.717, 1.165) is 25.9 Å². The van der Waals surface area contributed by atoms with Crippen molar-refractivity contribution in [2.24, 2.45) is 17.6 Å². The van der Waals surface area contributed by atoms with Gasteiger partial charge in [0, 0.05) is 12.6 Å². The molecule has 0 bridgehead atoms. The number of fused-ring (bicyclic) bond motifs is 1. The molecule has 1 aliphatic carbocycles. The summed E-state index contributed by atoms with van der Waals surface area (Å²) in [5.41, 5.74) is 5.27. The number of carbonyl (C=O) groups excluding carboxylic acids is 1. The Morgan fingerprint density at radius 1 is 1.39 bits per heavy atom. The van der Waals surface area contributed by atoms with Crippen LogP contribution in [0.3, 0.4) is 0 Å². The summed E-state index contributed by atoms with van der Waals surface area (Å²) in [6, 6.07) is 0.399. The van der Waals surface area contributed by atoms with Crippen LogP contribution in [-0.2, 0) is 4.74 Å². The van der Waals surface area contributed by atoms with Crippen LogP contribution in [0, 0.1) is 11.8 Å². The Morgan fingerprint density at radius 3 is 2.72 bits per heavy atom. The van der Waals surface area contributed by atoms with Gasteiger partial charge in [-0.25, -0.2) is 4.79 Å². The summed E-state index contributed by atoms with van der Waals surface area (Å²) in [5.74, 6) is 1.23. The molecule has 2 rings (SSSR count). The van der Waals surface area contributed by atoms with E-state index in [4.69, 9.17) is 10.5 Å². The Hall–Kier alpha value is -0.770. The summed E-state index contributed by atoms with van der Waals surface area (Å²) < 4.78 is 5.51. The second-order valence-corrected chi connectivity index (χ2v) is 6.63. The lowest BCUT2D eigenvalue weighted by molar-refractivity contribution is 0.0215. The van der Waals surface area contributed by atoms with Crippen molar-refractivity contribution in [3.8, 4) is 0 Å². The average molecular weight is 254 g/mol. The van der Waals surface area contributed by atoms with Crippen LogP contribution in [0.5, 0.6) is 0 Å². The third-order valence-electron chi connectivity index (χ3n) is 4.13. The summed E-state index contributed by atoms with van der Waals surface area (Å²) in [5, 5.41) is 0. The lowest BCUT2D eigenvalue weighted by atomic mass is 9.90. The van der Waals surface area contributed by atoms with Crippen molar-refractivity contribution in [1.29, 1.82) is 0 Å². The topological polar surface area (TPSA) is 55.6 Å². The predicted molar refractivity (Wildman–Crippen MR) is 71.2 cm³/mol. The normalized spacial score (nSPS) is 31.6. The summed E-state index contributed by atoms with van der Waals surface area (Å²) in [4.78, 5) is 14.2. The zero-order valence-electron chi connectivity index (χ0n) is 11.8. The van der Waals surface area contributed by atoms with Crippen LogP contribution in [-0.4, -0.2) is 35.7 Å². The van der Waals surface area contributed by atoms with Gasteiger partial charge < -0.3 is 15.4 Å². The molecule has 0 radical (unpaired) electrons. The van der Waals surface area contributed by atoms with Crippen molar-refractivity contribution in [2.75, 3.05) is 13.1 Å². The van der Waals surface area contributed by atoms with Gasteiger partial charge in [-0.05, 0) is 58.4 Å². The van der Waals surface area contributed by atoms with E-state index in [0.29, 0.717) is 17.9 Å². The maximum atomic E-state index is 12.2. The number of hydrogen-bond acceptors (Lipinski definition) is 3. The maximum absolute atomic E-state index is 12.2. The molecule has 2 N–H and O–H groups in total. The first-order chi connectivity index (χ1) is 8.42. The van der Waals surface area contributed by atoms with Gasteiger partial charge >= 0.3 is 6.09 Å². The third-order valence-corrected chi connectivity index (χ3v) is 4.13. The lowest BCUT2D eigenvalue weighted by Gasteiger charge is -2.28. The zero-order valence-corrected chi connectivity index (χ0v) is 11.8. The Labute approximate surface area is 110 Å². The standard InChI is InChI=1S/C14H26N2O2/c1-14(2,3)18-13(17)16-9-10(7-8-15)11-5-4-6-12(11)16/h10-12H,4-9,15H2,1-3H3. The van der Waals surface area contributed by atoms with Crippen molar-refractivity contribution in [3.05, 3.63) is 0 Å². The quantitative estimate of drug-likeness (QED) is 0.823. The SMILES string of the molecule is CC(C)(C)OC(=O)N1CC(CCN)C2CCCC21. The molecule has 0 aromatic heterocycles. The minimum absolute atomic E-state index is 0.140. The second kappa shape index (κ2) is 5.08. The monoisotopic (exact) mass is 254 g/mol. The van der Waals surface area contributed by atoms with E-state index >= 15 is 0 Å². The summed E-state index contributed by atoms with van der Waals surface area (Å²) in [6.07, 6.45) is 4.49. The second-order valence-electron chi connectivity index (χ2n) is 6.63. The Balaban J connectivity index is 2.03. The van der Waals surface area contributed by atoms with Gasteiger partial charge in [0.15, 0.2) is 0 Å². The highest BCUT2D eigenvalue weighted by molar-refractivity contribution is 5.69. The lowest BCUT2D eigenvalue weighted by Crippen LogP contribution is -2.40. The van der Waals surface area contributed by atoms with Gasteiger partial charge in [0.2, 0.25) is 0 Å². The molecular formula is C14H26N2O2. The average Bonchev–Trinajstić information content (AvgIpc) is 2.78. The predicted octanol–water partition coefficient (Wildman–Crippen LogP) is 2.37. The van der Waals surface area contributed by atoms with Crippen LogP contribution in [0.4, 0.5) is 4.79 Å². The number of amides is 1. The van der Waals surface area contributed by atoms with Gasteiger partial charge in [0.25, 0.3) is 0 Å². The molecule has 0 aromatic carbocycles. The van der Waals surface area contributed by atoms with E-state index in [1.54, 1.807) is 0 Å². The molecule has 0 aromatic rings. The summed E-state index contributed by atoms with van der Waals surface area (Å²) in [7, 11) is 0. The number of ether oxygens (including phenoxy) is 1. The fourth-order valence-electron chi connectivity index (χ4n) is 3.48. The number of nitrogens with two attached hydrogens (primary N) is 1. The minimum Gasteiger partial charge on any atom is -0.444 e. The molecular weight excluding hydrogens is 228 g/mol. The van der Waals surface area contributed by atoms with Gasteiger partial charge in [0.1, 0.15) is 5.60 Å². The van der Waals surface area contributed by atoms with Crippen molar-refractivity contribution in [1.82, 2.24) is 4.90 Å². The molecule has 0 spiro atoms. The largest absolute Gasteiger partial charge is 0.444 e. The third kappa shape index (κ3) is 2.79. The number of rotatable bonds is 2. The van der Waals surface area contributed by atoms with E-state index in [2.05, 4.69) is 0 Å². The van der Waals surface area contributed by atoms with Crippen molar-refractivity contribution in [2.45, 2.75) is 58.1 Å². The fraction of sp³-hybridized carbons (Fsp3) is 0.929. The maximum Gasteiger partial charge on any atom is 0.410 e. The molecule has 1 heterocycles.